The van der Waals surface area contributed by atoms with E-state index < -0.39 is 15.9 Å². The molecule has 4 rings (SSSR count). The van der Waals surface area contributed by atoms with E-state index in [0.717, 1.165) is 9.79 Å². The molecule has 6 nitrogen and oxygen atoms in total. The quantitative estimate of drug-likeness (QED) is 0.405. The van der Waals surface area contributed by atoms with Crippen molar-refractivity contribution in [1.82, 2.24) is 4.31 Å². The largest absolute Gasteiger partial charge is 0.379 e. The number of amides is 1. The Labute approximate surface area is 219 Å². The number of aryl methyl sites for hydroxylation is 2. The third-order valence-electron chi connectivity index (χ3n) is 5.68. The average molecular weight is 552 g/mol. The minimum absolute atomic E-state index is 0.0245. The highest BCUT2D eigenvalue weighted by Crippen LogP contribution is 2.32. The first-order valence-corrected chi connectivity index (χ1v) is 13.9. The van der Waals surface area contributed by atoms with E-state index in [1.165, 1.54) is 27.6 Å². The van der Waals surface area contributed by atoms with Crippen LogP contribution in [0, 0.1) is 13.8 Å². The van der Waals surface area contributed by atoms with Crippen molar-refractivity contribution < 1.29 is 17.9 Å². The van der Waals surface area contributed by atoms with E-state index >= 15 is 0 Å². The fourth-order valence-corrected chi connectivity index (χ4v) is 6.70. The summed E-state index contributed by atoms with van der Waals surface area (Å²) >= 11 is 14.1. The summed E-state index contributed by atoms with van der Waals surface area (Å²) in [6, 6.07) is 16.2. The molecule has 1 amide bonds. The second kappa shape index (κ2) is 10.9. The minimum atomic E-state index is -3.90. The Morgan fingerprint density at radius 2 is 1.57 bits per heavy atom. The summed E-state index contributed by atoms with van der Waals surface area (Å²) in [5.74, 6) is -0.528. The van der Waals surface area contributed by atoms with Crippen LogP contribution in [0.4, 0.5) is 5.69 Å². The Morgan fingerprint density at radius 3 is 2.23 bits per heavy atom. The van der Waals surface area contributed by atoms with Crippen LogP contribution < -0.4 is 5.32 Å². The number of benzene rings is 3. The van der Waals surface area contributed by atoms with Crippen molar-refractivity contribution in [2.45, 2.75) is 28.5 Å². The van der Waals surface area contributed by atoms with Crippen LogP contribution >= 0.6 is 35.0 Å². The highest BCUT2D eigenvalue weighted by atomic mass is 35.5. The molecule has 0 unspecified atom stereocenters. The second-order valence-electron chi connectivity index (χ2n) is 8.11. The van der Waals surface area contributed by atoms with Crippen LogP contribution in [-0.2, 0) is 14.8 Å². The lowest BCUT2D eigenvalue weighted by molar-refractivity contribution is 0.0730. The van der Waals surface area contributed by atoms with Gasteiger partial charge in [0.1, 0.15) is 4.90 Å². The predicted molar refractivity (Wildman–Crippen MR) is 140 cm³/mol. The van der Waals surface area contributed by atoms with E-state index in [4.69, 9.17) is 27.9 Å². The number of nitrogens with one attached hydrogen (secondary N) is 1. The van der Waals surface area contributed by atoms with Gasteiger partial charge in [0.25, 0.3) is 5.91 Å². The summed E-state index contributed by atoms with van der Waals surface area (Å²) in [6.45, 7) is 5.20. The first-order valence-electron chi connectivity index (χ1n) is 10.9. The number of hydrogen-bond donors (Lipinski definition) is 1. The van der Waals surface area contributed by atoms with Gasteiger partial charge < -0.3 is 10.1 Å². The first-order chi connectivity index (χ1) is 16.6. The molecule has 1 N–H and O–H groups in total. The lowest BCUT2D eigenvalue weighted by Crippen LogP contribution is -2.40. The van der Waals surface area contributed by atoms with Gasteiger partial charge in [0, 0.05) is 28.6 Å². The molecule has 3 aromatic rings. The SMILES string of the molecule is Cc1ccc(Sc2ccc(NC(=O)c3cc(S(=O)(=O)N4CCOCC4)c(Cl)cc3Cl)cc2)cc1C. The van der Waals surface area contributed by atoms with Crippen molar-refractivity contribution in [2.24, 2.45) is 0 Å². The highest BCUT2D eigenvalue weighted by molar-refractivity contribution is 7.99. The standard InChI is InChI=1S/C25H24Cl2N2O4S2/c1-16-3-6-20(13-17(16)2)34-19-7-4-18(5-8-19)28-25(30)21-14-24(23(27)15-22(21)26)35(31,32)29-9-11-33-12-10-29/h3-8,13-15H,9-12H2,1-2H3,(H,28,30). The zero-order valence-corrected chi connectivity index (χ0v) is 22.3. The number of rotatable bonds is 6. The fraction of sp³-hybridized carbons (Fsp3) is 0.240. The average Bonchev–Trinajstić information content (AvgIpc) is 2.83. The molecule has 0 aromatic heterocycles. The molecule has 1 fully saturated rings. The molecular formula is C25H24Cl2N2O4S2. The third-order valence-corrected chi connectivity index (χ3v) is 9.35. The van der Waals surface area contributed by atoms with Crippen molar-refractivity contribution in [3.8, 4) is 0 Å². The summed E-state index contributed by atoms with van der Waals surface area (Å²) in [5.41, 5.74) is 3.06. The fourth-order valence-electron chi connectivity index (χ4n) is 3.55. The normalized spacial score (nSPS) is 14.6. The van der Waals surface area contributed by atoms with E-state index in [9.17, 15) is 13.2 Å². The number of morpholine rings is 1. The molecule has 184 valence electrons. The van der Waals surface area contributed by atoms with Crippen molar-refractivity contribution >= 4 is 56.6 Å². The van der Waals surface area contributed by atoms with Gasteiger partial charge in [-0.15, -0.1) is 0 Å². The summed E-state index contributed by atoms with van der Waals surface area (Å²) in [7, 11) is -3.90. The lowest BCUT2D eigenvalue weighted by Gasteiger charge is -2.26. The van der Waals surface area contributed by atoms with Gasteiger partial charge in [0.2, 0.25) is 10.0 Å². The molecule has 10 heteroatoms. The van der Waals surface area contributed by atoms with Gasteiger partial charge in [0.05, 0.1) is 28.8 Å². The Kier molecular flexibility index (Phi) is 8.10. The summed E-state index contributed by atoms with van der Waals surface area (Å²) < 4.78 is 32.7. The molecule has 3 aromatic carbocycles. The molecular weight excluding hydrogens is 527 g/mol. The van der Waals surface area contributed by atoms with Crippen molar-refractivity contribution in [3.63, 3.8) is 0 Å². The Bertz CT molecular complexity index is 1360. The summed E-state index contributed by atoms with van der Waals surface area (Å²) in [4.78, 5) is 15.0. The number of anilines is 1. The topological polar surface area (TPSA) is 75.7 Å². The number of nitrogens with zero attached hydrogens (tertiary/aromatic N) is 1. The monoisotopic (exact) mass is 550 g/mol. The number of halogens is 2. The number of carbonyl (C=O) groups excluding carboxylic acids is 1. The van der Waals surface area contributed by atoms with E-state index in [0.29, 0.717) is 18.9 Å². The smallest absolute Gasteiger partial charge is 0.257 e. The predicted octanol–water partition coefficient (Wildman–Crippen LogP) is 6.03. The molecule has 1 heterocycles. The van der Waals surface area contributed by atoms with Crippen molar-refractivity contribution in [1.29, 1.82) is 0 Å². The maximum atomic E-state index is 13.1. The lowest BCUT2D eigenvalue weighted by atomic mass is 10.1. The zero-order chi connectivity index (χ0) is 25.2. The van der Waals surface area contributed by atoms with Crippen molar-refractivity contribution in [3.05, 3.63) is 81.3 Å². The van der Waals surface area contributed by atoms with Gasteiger partial charge in [-0.25, -0.2) is 8.42 Å². The summed E-state index contributed by atoms with van der Waals surface area (Å²) in [6.07, 6.45) is 0. The number of carbonyl (C=O) groups is 1. The number of ether oxygens (including phenoxy) is 1. The van der Waals surface area contributed by atoms with Crippen LogP contribution in [0.5, 0.6) is 0 Å². The molecule has 35 heavy (non-hydrogen) atoms. The van der Waals surface area contributed by atoms with Crippen LogP contribution in [0.15, 0.2) is 69.3 Å². The molecule has 0 radical (unpaired) electrons. The second-order valence-corrected chi connectivity index (χ2v) is 12.0. The van der Waals surface area contributed by atoms with Crippen molar-refractivity contribution in [2.75, 3.05) is 31.6 Å². The van der Waals surface area contributed by atoms with Crippen LogP contribution in [0.2, 0.25) is 10.0 Å². The van der Waals surface area contributed by atoms with E-state index in [1.54, 1.807) is 23.9 Å². The van der Waals surface area contributed by atoms with Gasteiger partial charge in [-0.2, -0.15) is 4.31 Å². The van der Waals surface area contributed by atoms with Crippen LogP contribution in [-0.4, -0.2) is 44.9 Å². The van der Waals surface area contributed by atoms with Crippen LogP contribution in [0.25, 0.3) is 0 Å². The van der Waals surface area contributed by atoms with Gasteiger partial charge in [-0.05, 0) is 73.5 Å². The molecule has 0 bridgehead atoms. The van der Waals surface area contributed by atoms with E-state index in [-0.39, 0.29) is 33.6 Å². The Balaban J connectivity index is 1.51. The molecule has 0 saturated carbocycles. The number of hydrogen-bond acceptors (Lipinski definition) is 5. The Morgan fingerprint density at radius 1 is 0.914 bits per heavy atom. The number of sulfonamides is 1. The Hall–Kier alpha value is -2.07. The zero-order valence-electron chi connectivity index (χ0n) is 19.2. The molecule has 0 atom stereocenters. The molecule has 0 aliphatic carbocycles. The van der Waals surface area contributed by atoms with E-state index in [2.05, 4.69) is 37.4 Å². The van der Waals surface area contributed by atoms with Gasteiger partial charge in [-0.1, -0.05) is 41.0 Å². The molecule has 0 spiro atoms. The molecule has 1 saturated heterocycles. The third kappa shape index (κ3) is 6.02. The first kappa shape index (κ1) is 26.0. The van der Waals surface area contributed by atoms with Gasteiger partial charge in [-0.3, -0.25) is 4.79 Å². The maximum Gasteiger partial charge on any atom is 0.257 e. The highest BCUT2D eigenvalue weighted by Gasteiger charge is 2.30. The van der Waals surface area contributed by atoms with Gasteiger partial charge >= 0.3 is 0 Å². The molecule has 1 aliphatic rings. The molecule has 1 aliphatic heterocycles. The minimum Gasteiger partial charge on any atom is -0.379 e. The summed E-state index contributed by atoms with van der Waals surface area (Å²) in [5, 5.41) is 2.81. The van der Waals surface area contributed by atoms with E-state index in [1.807, 2.05) is 12.1 Å². The maximum absolute atomic E-state index is 13.1. The van der Waals surface area contributed by atoms with Gasteiger partial charge in [0.15, 0.2) is 0 Å². The van der Waals surface area contributed by atoms with Crippen LogP contribution in [0.3, 0.4) is 0 Å². The van der Waals surface area contributed by atoms with Crippen LogP contribution in [0.1, 0.15) is 21.5 Å².